The number of aliphatic hydroxyl groups excluding tert-OH is 1. The highest BCUT2D eigenvalue weighted by molar-refractivity contribution is 4.77. The molecule has 0 saturated carbocycles. The van der Waals surface area contributed by atoms with Crippen LogP contribution in [-0.2, 0) is 4.74 Å². The summed E-state index contributed by atoms with van der Waals surface area (Å²) in [6.45, 7) is 8.73. The molecule has 0 aliphatic rings. The molecule has 0 radical (unpaired) electrons. The molecule has 0 spiro atoms. The number of aliphatic hydroxyl groups is 1. The molecule has 17 heavy (non-hydrogen) atoms. The quantitative estimate of drug-likeness (QED) is 0.533. The number of hydrogen-bond acceptors (Lipinski definition) is 4. The number of ether oxygens (including phenoxy) is 1. The van der Waals surface area contributed by atoms with E-state index in [0.29, 0.717) is 0 Å². The van der Waals surface area contributed by atoms with Crippen molar-refractivity contribution in [1.29, 1.82) is 0 Å². The summed E-state index contributed by atoms with van der Waals surface area (Å²) in [6, 6.07) is 0. The van der Waals surface area contributed by atoms with Crippen LogP contribution in [0.4, 0.5) is 0 Å². The normalized spacial score (nSPS) is 12.4. The molecule has 4 nitrogen and oxygen atoms in total. The molecule has 0 aromatic carbocycles. The number of likely N-dealkylation sites (N-methyl/N-ethyl adjacent to an activating group) is 1. The van der Waals surface area contributed by atoms with Gasteiger partial charge in [0.1, 0.15) is 0 Å². The monoisotopic (exact) mass is 246 g/mol. The summed E-state index contributed by atoms with van der Waals surface area (Å²) in [5, 5.41) is 12.8. The summed E-state index contributed by atoms with van der Waals surface area (Å²) >= 11 is 0. The summed E-state index contributed by atoms with van der Waals surface area (Å²) in [5.74, 6) is 0. The lowest BCUT2D eigenvalue weighted by Crippen LogP contribution is -2.38. The summed E-state index contributed by atoms with van der Waals surface area (Å²) in [5.41, 5.74) is 0.0453. The van der Waals surface area contributed by atoms with Crippen LogP contribution in [0.5, 0.6) is 0 Å². The molecule has 0 aliphatic carbocycles. The van der Waals surface area contributed by atoms with Gasteiger partial charge in [-0.15, -0.1) is 0 Å². The second-order valence-corrected chi connectivity index (χ2v) is 4.96. The Morgan fingerprint density at radius 2 is 1.82 bits per heavy atom. The average molecular weight is 246 g/mol. The van der Waals surface area contributed by atoms with Crippen LogP contribution in [0.2, 0.25) is 0 Å². The smallest absolute Gasteiger partial charge is 0.0593 e. The molecule has 0 fully saturated rings. The van der Waals surface area contributed by atoms with Crippen LogP contribution in [0, 0.1) is 5.41 Å². The number of nitrogens with zero attached hydrogens (tertiary/aromatic N) is 1. The molecule has 0 atom stereocenters. The minimum atomic E-state index is 0.0453. The Morgan fingerprint density at radius 1 is 1.18 bits per heavy atom. The van der Waals surface area contributed by atoms with Gasteiger partial charge in [0.15, 0.2) is 0 Å². The summed E-state index contributed by atoms with van der Waals surface area (Å²) in [6.07, 6.45) is 2.02. The molecule has 0 aliphatic heterocycles. The molecule has 0 bridgehead atoms. The molecule has 4 heteroatoms. The summed E-state index contributed by atoms with van der Waals surface area (Å²) < 4.78 is 5.49. The minimum absolute atomic E-state index is 0.0453. The van der Waals surface area contributed by atoms with E-state index < -0.39 is 0 Å². The molecule has 0 unspecified atom stereocenters. The van der Waals surface area contributed by atoms with Crippen molar-refractivity contribution < 1.29 is 9.84 Å². The SMILES string of the molecule is CCC(CC)(CO)CNCCOCCN(C)C. The first kappa shape index (κ1) is 16.8. The van der Waals surface area contributed by atoms with E-state index in [-0.39, 0.29) is 12.0 Å². The van der Waals surface area contributed by atoms with Crippen molar-refractivity contribution in [3.63, 3.8) is 0 Å². The Labute approximate surface area is 106 Å². The van der Waals surface area contributed by atoms with E-state index in [9.17, 15) is 5.11 Å². The second kappa shape index (κ2) is 9.83. The first-order chi connectivity index (χ1) is 8.10. The first-order valence-electron chi connectivity index (χ1n) is 6.64. The molecule has 0 rings (SSSR count). The molecule has 104 valence electrons. The van der Waals surface area contributed by atoms with Gasteiger partial charge in [0.25, 0.3) is 0 Å². The van der Waals surface area contributed by atoms with E-state index in [2.05, 4.69) is 24.1 Å². The van der Waals surface area contributed by atoms with Gasteiger partial charge in [-0.1, -0.05) is 13.8 Å². The van der Waals surface area contributed by atoms with Crippen LogP contribution < -0.4 is 5.32 Å². The number of rotatable bonds is 11. The van der Waals surface area contributed by atoms with Crippen LogP contribution in [0.15, 0.2) is 0 Å². The Hall–Kier alpha value is -0.160. The fourth-order valence-electron chi connectivity index (χ4n) is 1.63. The molecule has 0 amide bonds. The van der Waals surface area contributed by atoms with Gasteiger partial charge < -0.3 is 20.1 Å². The van der Waals surface area contributed by atoms with Gasteiger partial charge in [-0.25, -0.2) is 0 Å². The van der Waals surface area contributed by atoms with Gasteiger partial charge in [-0.05, 0) is 26.9 Å². The standard InChI is InChI=1S/C13H30N2O2/c1-5-13(6-2,12-16)11-14-7-9-17-10-8-15(3)4/h14,16H,5-12H2,1-4H3. The van der Waals surface area contributed by atoms with Crippen molar-refractivity contribution in [3.05, 3.63) is 0 Å². The van der Waals surface area contributed by atoms with Crippen molar-refractivity contribution in [2.45, 2.75) is 26.7 Å². The Balaban J connectivity index is 3.49. The maximum atomic E-state index is 9.40. The van der Waals surface area contributed by atoms with Gasteiger partial charge in [0.05, 0.1) is 13.2 Å². The minimum Gasteiger partial charge on any atom is -0.396 e. The molecule has 0 aromatic heterocycles. The third kappa shape index (κ3) is 7.71. The van der Waals surface area contributed by atoms with Crippen molar-refractivity contribution in [1.82, 2.24) is 10.2 Å². The van der Waals surface area contributed by atoms with E-state index in [1.54, 1.807) is 0 Å². The van der Waals surface area contributed by atoms with Gasteiger partial charge in [-0.2, -0.15) is 0 Å². The van der Waals surface area contributed by atoms with Gasteiger partial charge >= 0.3 is 0 Å². The van der Waals surface area contributed by atoms with Crippen LogP contribution >= 0.6 is 0 Å². The molecule has 0 aromatic rings. The van der Waals surface area contributed by atoms with Crippen LogP contribution in [0.25, 0.3) is 0 Å². The van der Waals surface area contributed by atoms with Crippen molar-refractivity contribution >= 4 is 0 Å². The lowest BCUT2D eigenvalue weighted by molar-refractivity contribution is 0.0977. The maximum Gasteiger partial charge on any atom is 0.0593 e. The van der Waals surface area contributed by atoms with Crippen LogP contribution in [-0.4, -0.2) is 63.6 Å². The van der Waals surface area contributed by atoms with E-state index in [1.807, 2.05) is 14.1 Å². The molecule has 0 heterocycles. The lowest BCUT2D eigenvalue weighted by Gasteiger charge is -2.29. The zero-order valence-corrected chi connectivity index (χ0v) is 12.0. The van der Waals surface area contributed by atoms with Crippen molar-refractivity contribution in [3.8, 4) is 0 Å². The van der Waals surface area contributed by atoms with E-state index in [0.717, 1.165) is 45.7 Å². The van der Waals surface area contributed by atoms with Crippen molar-refractivity contribution in [2.24, 2.45) is 5.41 Å². The largest absolute Gasteiger partial charge is 0.396 e. The summed E-state index contributed by atoms with van der Waals surface area (Å²) in [7, 11) is 4.08. The van der Waals surface area contributed by atoms with E-state index >= 15 is 0 Å². The highest BCUT2D eigenvalue weighted by Crippen LogP contribution is 2.24. The second-order valence-electron chi connectivity index (χ2n) is 4.96. The number of nitrogens with one attached hydrogen (secondary N) is 1. The fraction of sp³-hybridized carbons (Fsp3) is 1.00. The third-order valence-electron chi connectivity index (χ3n) is 3.44. The topological polar surface area (TPSA) is 44.7 Å². The molecular weight excluding hydrogens is 216 g/mol. The first-order valence-corrected chi connectivity index (χ1v) is 6.64. The van der Waals surface area contributed by atoms with Crippen molar-refractivity contribution in [2.75, 3.05) is 53.6 Å². The lowest BCUT2D eigenvalue weighted by atomic mass is 9.83. The zero-order chi connectivity index (χ0) is 13.1. The average Bonchev–Trinajstić information content (AvgIpc) is 2.33. The number of hydrogen-bond donors (Lipinski definition) is 2. The van der Waals surface area contributed by atoms with Crippen LogP contribution in [0.1, 0.15) is 26.7 Å². The predicted molar refractivity (Wildman–Crippen MR) is 72.3 cm³/mol. The maximum absolute atomic E-state index is 9.40. The predicted octanol–water partition coefficient (Wildman–Crippen LogP) is 0.953. The van der Waals surface area contributed by atoms with Gasteiger partial charge in [-0.3, -0.25) is 0 Å². The molecule has 0 saturated heterocycles. The Bertz CT molecular complexity index is 163. The Kier molecular flexibility index (Phi) is 9.74. The molecular formula is C13H30N2O2. The highest BCUT2D eigenvalue weighted by Gasteiger charge is 2.24. The zero-order valence-electron chi connectivity index (χ0n) is 12.0. The van der Waals surface area contributed by atoms with Gasteiger partial charge in [0, 0.05) is 31.7 Å². The highest BCUT2D eigenvalue weighted by atomic mass is 16.5. The van der Waals surface area contributed by atoms with E-state index in [4.69, 9.17) is 4.74 Å². The third-order valence-corrected chi connectivity index (χ3v) is 3.44. The fourth-order valence-corrected chi connectivity index (χ4v) is 1.63. The Morgan fingerprint density at radius 3 is 2.29 bits per heavy atom. The molecule has 2 N–H and O–H groups in total. The summed E-state index contributed by atoms with van der Waals surface area (Å²) in [4.78, 5) is 2.11. The van der Waals surface area contributed by atoms with E-state index in [1.165, 1.54) is 0 Å². The van der Waals surface area contributed by atoms with Crippen LogP contribution in [0.3, 0.4) is 0 Å². The van der Waals surface area contributed by atoms with Gasteiger partial charge in [0.2, 0.25) is 0 Å².